The SMILES string of the molecule is CC(C)(C)OC(=O)c1ccc(CCc2cccc(NS(C)(=O)=O)c2)cc1Nc1ccc(F)cc1. The van der Waals surface area contributed by atoms with Gasteiger partial charge in [0.25, 0.3) is 0 Å². The molecule has 0 saturated carbocycles. The second kappa shape index (κ2) is 10.3. The van der Waals surface area contributed by atoms with Crippen LogP contribution < -0.4 is 10.0 Å². The predicted octanol–water partition coefficient (Wildman–Crippen LogP) is 5.68. The minimum absolute atomic E-state index is 0.348. The van der Waals surface area contributed by atoms with Crippen LogP contribution in [0, 0.1) is 5.82 Å². The zero-order valence-electron chi connectivity index (χ0n) is 19.7. The Hall–Kier alpha value is -3.39. The number of aryl methyl sites for hydroxylation is 2. The van der Waals surface area contributed by atoms with E-state index in [2.05, 4.69) is 10.0 Å². The Kier molecular flexibility index (Phi) is 7.61. The van der Waals surface area contributed by atoms with Crippen LogP contribution in [-0.4, -0.2) is 26.2 Å². The number of carbonyl (C=O) groups excluding carboxylic acids is 1. The summed E-state index contributed by atoms with van der Waals surface area (Å²) in [6, 6.07) is 18.6. The lowest BCUT2D eigenvalue weighted by molar-refractivity contribution is 0.00707. The number of hydrogen-bond acceptors (Lipinski definition) is 5. The number of esters is 1. The molecule has 0 unspecified atom stereocenters. The van der Waals surface area contributed by atoms with Gasteiger partial charge in [0.2, 0.25) is 10.0 Å². The van der Waals surface area contributed by atoms with Gasteiger partial charge in [-0.25, -0.2) is 17.6 Å². The molecule has 0 aliphatic heterocycles. The number of rotatable bonds is 8. The first-order valence-electron chi connectivity index (χ1n) is 10.8. The highest BCUT2D eigenvalue weighted by molar-refractivity contribution is 7.92. The fraction of sp³-hybridized carbons (Fsp3) is 0.269. The number of carbonyl (C=O) groups is 1. The van der Waals surface area contributed by atoms with Crippen molar-refractivity contribution >= 4 is 33.1 Å². The van der Waals surface area contributed by atoms with Crippen molar-refractivity contribution in [2.75, 3.05) is 16.3 Å². The van der Waals surface area contributed by atoms with Gasteiger partial charge in [-0.05, 0) is 93.3 Å². The third-order valence-corrected chi connectivity index (χ3v) is 5.37. The quantitative estimate of drug-likeness (QED) is 0.402. The molecule has 0 aromatic heterocycles. The van der Waals surface area contributed by atoms with E-state index in [-0.39, 0.29) is 5.82 Å². The van der Waals surface area contributed by atoms with Gasteiger partial charge >= 0.3 is 5.97 Å². The highest BCUT2D eigenvalue weighted by Gasteiger charge is 2.21. The fourth-order valence-electron chi connectivity index (χ4n) is 3.34. The van der Waals surface area contributed by atoms with Gasteiger partial charge in [-0.15, -0.1) is 0 Å². The Morgan fingerprint density at radius 3 is 2.18 bits per heavy atom. The van der Waals surface area contributed by atoms with Crippen LogP contribution in [-0.2, 0) is 27.6 Å². The number of anilines is 3. The first-order chi connectivity index (χ1) is 15.9. The Bertz CT molecular complexity index is 1270. The molecule has 0 fully saturated rings. The van der Waals surface area contributed by atoms with Gasteiger partial charge in [-0.1, -0.05) is 18.2 Å². The van der Waals surface area contributed by atoms with E-state index in [0.29, 0.717) is 35.5 Å². The molecule has 8 heteroatoms. The minimum atomic E-state index is -3.35. The summed E-state index contributed by atoms with van der Waals surface area (Å²) in [7, 11) is -3.35. The van der Waals surface area contributed by atoms with Crippen molar-refractivity contribution in [2.24, 2.45) is 0 Å². The monoisotopic (exact) mass is 484 g/mol. The van der Waals surface area contributed by atoms with Crippen LogP contribution in [0.15, 0.2) is 66.7 Å². The molecular weight excluding hydrogens is 455 g/mol. The lowest BCUT2D eigenvalue weighted by atomic mass is 10.0. The zero-order valence-corrected chi connectivity index (χ0v) is 20.5. The highest BCUT2D eigenvalue weighted by Crippen LogP contribution is 2.26. The molecule has 0 amide bonds. The molecule has 34 heavy (non-hydrogen) atoms. The molecule has 3 aromatic rings. The van der Waals surface area contributed by atoms with Crippen molar-refractivity contribution in [1.82, 2.24) is 0 Å². The molecule has 0 aliphatic carbocycles. The van der Waals surface area contributed by atoms with Gasteiger partial charge in [0, 0.05) is 11.4 Å². The summed E-state index contributed by atoms with van der Waals surface area (Å²) in [5, 5.41) is 3.20. The minimum Gasteiger partial charge on any atom is -0.456 e. The van der Waals surface area contributed by atoms with Crippen LogP contribution in [0.4, 0.5) is 21.5 Å². The van der Waals surface area contributed by atoms with E-state index in [1.54, 1.807) is 57.2 Å². The van der Waals surface area contributed by atoms with E-state index in [1.165, 1.54) is 12.1 Å². The van der Waals surface area contributed by atoms with Crippen molar-refractivity contribution in [2.45, 2.75) is 39.2 Å². The molecule has 0 bridgehead atoms. The summed E-state index contributed by atoms with van der Waals surface area (Å²) in [6.07, 6.45) is 2.44. The molecule has 0 radical (unpaired) electrons. The van der Waals surface area contributed by atoms with Crippen molar-refractivity contribution in [3.05, 3.63) is 89.2 Å². The molecule has 0 aliphatic rings. The van der Waals surface area contributed by atoms with Gasteiger partial charge in [0.05, 0.1) is 17.5 Å². The molecule has 180 valence electrons. The lowest BCUT2D eigenvalue weighted by Crippen LogP contribution is -2.24. The van der Waals surface area contributed by atoms with Crippen LogP contribution in [0.5, 0.6) is 0 Å². The topological polar surface area (TPSA) is 84.5 Å². The molecule has 6 nitrogen and oxygen atoms in total. The summed E-state index contributed by atoms with van der Waals surface area (Å²) in [5.74, 6) is -0.803. The number of ether oxygens (including phenoxy) is 1. The summed E-state index contributed by atoms with van der Waals surface area (Å²) in [6.45, 7) is 5.41. The lowest BCUT2D eigenvalue weighted by Gasteiger charge is -2.21. The average molecular weight is 485 g/mol. The number of nitrogens with one attached hydrogen (secondary N) is 2. The molecule has 2 N–H and O–H groups in total. The maximum atomic E-state index is 13.3. The second-order valence-electron chi connectivity index (χ2n) is 9.09. The van der Waals surface area contributed by atoms with Gasteiger partial charge < -0.3 is 10.1 Å². The Labute approximate surface area is 200 Å². The molecular formula is C26H29FN2O4S. The van der Waals surface area contributed by atoms with E-state index in [4.69, 9.17) is 4.74 Å². The third-order valence-electron chi connectivity index (χ3n) is 4.76. The highest BCUT2D eigenvalue weighted by atomic mass is 32.2. The maximum absolute atomic E-state index is 13.3. The number of benzene rings is 3. The van der Waals surface area contributed by atoms with Crippen molar-refractivity contribution < 1.29 is 22.3 Å². The second-order valence-corrected chi connectivity index (χ2v) is 10.8. The van der Waals surface area contributed by atoms with E-state index in [0.717, 1.165) is 17.4 Å². The molecule has 0 heterocycles. The Morgan fingerprint density at radius 2 is 1.56 bits per heavy atom. The predicted molar refractivity (Wildman–Crippen MR) is 134 cm³/mol. The standard InChI is InChI=1S/C26H29FN2O4S/c1-26(2,3)33-25(30)23-15-10-19(17-24(23)28-21-13-11-20(27)12-14-21)9-8-18-6-5-7-22(16-18)29-34(4,31)32/h5-7,10-17,28-29H,8-9H2,1-4H3. The summed E-state index contributed by atoms with van der Waals surface area (Å²) in [4.78, 5) is 12.8. The maximum Gasteiger partial charge on any atom is 0.340 e. The fourth-order valence-corrected chi connectivity index (χ4v) is 3.90. The third kappa shape index (κ3) is 7.88. The molecule has 3 rings (SSSR count). The largest absolute Gasteiger partial charge is 0.456 e. The summed E-state index contributed by atoms with van der Waals surface area (Å²) < 4.78 is 44.3. The van der Waals surface area contributed by atoms with Crippen LogP contribution in [0.25, 0.3) is 0 Å². The van der Waals surface area contributed by atoms with Gasteiger partial charge in [-0.2, -0.15) is 0 Å². The normalized spacial score (nSPS) is 11.7. The first-order valence-corrected chi connectivity index (χ1v) is 12.7. The molecule has 0 atom stereocenters. The summed E-state index contributed by atoms with van der Waals surface area (Å²) >= 11 is 0. The zero-order chi connectivity index (χ0) is 24.9. The Morgan fingerprint density at radius 1 is 0.912 bits per heavy atom. The van der Waals surface area contributed by atoms with E-state index >= 15 is 0 Å². The van der Waals surface area contributed by atoms with E-state index in [1.807, 2.05) is 18.2 Å². The van der Waals surface area contributed by atoms with Crippen LogP contribution in [0.1, 0.15) is 42.3 Å². The molecule has 0 spiro atoms. The van der Waals surface area contributed by atoms with Crippen LogP contribution in [0.2, 0.25) is 0 Å². The van der Waals surface area contributed by atoms with Gasteiger partial charge in [-0.3, -0.25) is 4.72 Å². The van der Waals surface area contributed by atoms with Crippen LogP contribution in [0.3, 0.4) is 0 Å². The summed E-state index contributed by atoms with van der Waals surface area (Å²) in [5.41, 5.74) is 3.39. The Balaban J connectivity index is 1.83. The van der Waals surface area contributed by atoms with E-state index < -0.39 is 21.6 Å². The first kappa shape index (κ1) is 25.2. The molecule has 3 aromatic carbocycles. The number of sulfonamides is 1. The smallest absolute Gasteiger partial charge is 0.340 e. The van der Waals surface area contributed by atoms with Crippen LogP contribution >= 0.6 is 0 Å². The van der Waals surface area contributed by atoms with Crippen molar-refractivity contribution in [3.8, 4) is 0 Å². The van der Waals surface area contributed by atoms with Crippen molar-refractivity contribution in [3.63, 3.8) is 0 Å². The number of hydrogen-bond donors (Lipinski definition) is 2. The molecule has 0 saturated heterocycles. The van der Waals surface area contributed by atoms with Gasteiger partial charge in [0.1, 0.15) is 11.4 Å². The van der Waals surface area contributed by atoms with Crippen molar-refractivity contribution in [1.29, 1.82) is 0 Å². The number of halogens is 1. The average Bonchev–Trinajstić information content (AvgIpc) is 2.72. The van der Waals surface area contributed by atoms with Gasteiger partial charge in [0.15, 0.2) is 0 Å². The van der Waals surface area contributed by atoms with E-state index in [9.17, 15) is 17.6 Å².